The molecule has 5 heteroatoms. The first-order chi connectivity index (χ1) is 11.6. The molecule has 2 rings (SSSR count). The summed E-state index contributed by atoms with van der Waals surface area (Å²) in [6.07, 6.45) is 2.79. The zero-order valence-electron chi connectivity index (χ0n) is 13.5. The summed E-state index contributed by atoms with van der Waals surface area (Å²) in [4.78, 5) is 0. The average molecular weight is 451 g/mol. The lowest BCUT2D eigenvalue weighted by Gasteiger charge is -2.10. The topological polar surface area (TPSA) is 42.2 Å². The first-order valence-electron chi connectivity index (χ1n) is 7.47. The number of allylic oxidation sites excluding steroid dienone is 1. The molecule has 0 radical (unpaired) electrons. The second-order valence-electron chi connectivity index (χ2n) is 5.06. The molecule has 0 atom stereocenters. The number of methoxy groups -OCH3 is 1. The summed E-state index contributed by atoms with van der Waals surface area (Å²) >= 11 is 7.06. The van der Waals surface area contributed by atoms with Crippen molar-refractivity contribution in [2.75, 3.05) is 13.7 Å². The Hall–Kier alpha value is -1.77. The SMILES string of the molecule is CCCOc1c(Br)cc(/C=C(\C#N)c2ccc(OC)cc2)cc1Br. The lowest BCUT2D eigenvalue weighted by Crippen LogP contribution is -1.97. The molecule has 3 nitrogen and oxygen atoms in total. The van der Waals surface area contributed by atoms with Gasteiger partial charge in [0, 0.05) is 0 Å². The van der Waals surface area contributed by atoms with Crippen LogP contribution in [0.4, 0.5) is 0 Å². The molecular formula is C19H17Br2NO2. The summed E-state index contributed by atoms with van der Waals surface area (Å²) in [6.45, 7) is 2.72. The van der Waals surface area contributed by atoms with E-state index in [0.717, 1.165) is 38.0 Å². The van der Waals surface area contributed by atoms with Crippen LogP contribution in [-0.2, 0) is 0 Å². The minimum Gasteiger partial charge on any atom is -0.497 e. The molecule has 0 heterocycles. The highest BCUT2D eigenvalue weighted by Gasteiger charge is 2.09. The predicted octanol–water partition coefficient (Wildman–Crippen LogP) is 6.07. The van der Waals surface area contributed by atoms with Crippen LogP contribution in [0.5, 0.6) is 11.5 Å². The molecule has 2 aromatic rings. The molecule has 0 aliphatic rings. The van der Waals surface area contributed by atoms with Crippen LogP contribution in [0.15, 0.2) is 45.3 Å². The standard InChI is InChI=1S/C19H17Br2NO2/c1-3-8-24-19-17(20)10-13(11-18(19)21)9-15(12-22)14-4-6-16(23-2)7-5-14/h4-7,9-11H,3,8H2,1-2H3/b15-9+. The van der Waals surface area contributed by atoms with E-state index in [1.807, 2.05) is 42.5 Å². The van der Waals surface area contributed by atoms with Crippen LogP contribution >= 0.6 is 31.9 Å². The molecule has 0 saturated carbocycles. The number of rotatable bonds is 6. The summed E-state index contributed by atoms with van der Waals surface area (Å²) < 4.78 is 12.6. The summed E-state index contributed by atoms with van der Waals surface area (Å²) in [5.41, 5.74) is 2.33. The maximum atomic E-state index is 9.48. The maximum absolute atomic E-state index is 9.48. The Morgan fingerprint density at radius 2 is 1.79 bits per heavy atom. The first kappa shape index (κ1) is 18.6. The number of benzene rings is 2. The largest absolute Gasteiger partial charge is 0.497 e. The first-order valence-corrected chi connectivity index (χ1v) is 9.05. The number of halogens is 2. The van der Waals surface area contributed by atoms with Crippen LogP contribution in [0.1, 0.15) is 24.5 Å². The van der Waals surface area contributed by atoms with Crippen molar-refractivity contribution >= 4 is 43.5 Å². The summed E-state index contributed by atoms with van der Waals surface area (Å²) in [5.74, 6) is 1.54. The van der Waals surface area contributed by atoms with Crippen LogP contribution in [0.3, 0.4) is 0 Å². The quantitative estimate of drug-likeness (QED) is 0.396. The van der Waals surface area contributed by atoms with E-state index in [9.17, 15) is 5.26 Å². The fourth-order valence-corrected chi connectivity index (χ4v) is 3.57. The number of ether oxygens (including phenoxy) is 2. The number of nitriles is 1. The van der Waals surface area contributed by atoms with Crippen LogP contribution in [0.2, 0.25) is 0 Å². The Morgan fingerprint density at radius 1 is 1.17 bits per heavy atom. The summed E-state index contributed by atoms with van der Waals surface area (Å²) in [5, 5.41) is 9.48. The normalized spacial score (nSPS) is 11.0. The van der Waals surface area contributed by atoms with E-state index in [0.29, 0.717) is 12.2 Å². The molecule has 0 aliphatic carbocycles. The minimum absolute atomic E-state index is 0.582. The van der Waals surface area contributed by atoms with E-state index in [-0.39, 0.29) is 0 Å². The van der Waals surface area contributed by atoms with Gasteiger partial charge in [0.25, 0.3) is 0 Å². The summed E-state index contributed by atoms with van der Waals surface area (Å²) in [7, 11) is 1.62. The van der Waals surface area contributed by atoms with E-state index < -0.39 is 0 Å². The van der Waals surface area contributed by atoms with E-state index in [2.05, 4.69) is 44.9 Å². The van der Waals surface area contributed by atoms with Crippen LogP contribution in [0.25, 0.3) is 11.6 Å². The molecule has 0 aliphatic heterocycles. The second-order valence-corrected chi connectivity index (χ2v) is 6.77. The van der Waals surface area contributed by atoms with E-state index in [1.54, 1.807) is 7.11 Å². The van der Waals surface area contributed by atoms with Gasteiger partial charge in [0.15, 0.2) is 0 Å². The molecule has 0 amide bonds. The highest BCUT2D eigenvalue weighted by Crippen LogP contribution is 2.36. The predicted molar refractivity (Wildman–Crippen MR) is 104 cm³/mol. The lowest BCUT2D eigenvalue weighted by atomic mass is 10.0. The third-order valence-electron chi connectivity index (χ3n) is 3.30. The highest BCUT2D eigenvalue weighted by atomic mass is 79.9. The number of nitrogens with zero attached hydrogens (tertiary/aromatic N) is 1. The van der Waals surface area contributed by atoms with Crippen molar-refractivity contribution in [3.8, 4) is 17.6 Å². The second kappa shape index (κ2) is 8.91. The number of hydrogen-bond donors (Lipinski definition) is 0. The van der Waals surface area contributed by atoms with Gasteiger partial charge in [-0.05, 0) is 91.9 Å². The maximum Gasteiger partial charge on any atom is 0.147 e. The molecule has 0 fully saturated rings. The van der Waals surface area contributed by atoms with Gasteiger partial charge in [0.1, 0.15) is 11.5 Å². The molecule has 24 heavy (non-hydrogen) atoms. The van der Waals surface area contributed by atoms with Crippen LogP contribution < -0.4 is 9.47 Å². The van der Waals surface area contributed by atoms with E-state index >= 15 is 0 Å². The van der Waals surface area contributed by atoms with Gasteiger partial charge in [0.05, 0.1) is 34.3 Å². The van der Waals surface area contributed by atoms with E-state index in [4.69, 9.17) is 9.47 Å². The van der Waals surface area contributed by atoms with Crippen molar-refractivity contribution in [3.05, 3.63) is 56.5 Å². The number of hydrogen-bond acceptors (Lipinski definition) is 3. The third kappa shape index (κ3) is 4.62. The summed E-state index contributed by atoms with van der Waals surface area (Å²) in [6, 6.07) is 13.6. The molecule has 0 bridgehead atoms. The van der Waals surface area contributed by atoms with Gasteiger partial charge in [-0.3, -0.25) is 0 Å². The van der Waals surface area contributed by atoms with Crippen molar-refractivity contribution in [2.45, 2.75) is 13.3 Å². The van der Waals surface area contributed by atoms with Gasteiger partial charge in [-0.25, -0.2) is 0 Å². The van der Waals surface area contributed by atoms with Gasteiger partial charge in [-0.1, -0.05) is 6.92 Å². The monoisotopic (exact) mass is 449 g/mol. The molecule has 124 valence electrons. The van der Waals surface area contributed by atoms with Gasteiger partial charge in [-0.2, -0.15) is 5.26 Å². The molecule has 0 spiro atoms. The molecule has 0 saturated heterocycles. The van der Waals surface area contributed by atoms with Crippen LogP contribution in [0, 0.1) is 11.3 Å². The zero-order valence-corrected chi connectivity index (χ0v) is 16.6. The van der Waals surface area contributed by atoms with Gasteiger partial charge < -0.3 is 9.47 Å². The van der Waals surface area contributed by atoms with Crippen LogP contribution in [-0.4, -0.2) is 13.7 Å². The van der Waals surface area contributed by atoms with Crippen molar-refractivity contribution in [1.29, 1.82) is 5.26 Å². The highest BCUT2D eigenvalue weighted by molar-refractivity contribution is 9.11. The molecule has 0 unspecified atom stereocenters. The Labute approximate surface area is 159 Å². The van der Waals surface area contributed by atoms with Crippen molar-refractivity contribution < 1.29 is 9.47 Å². The Bertz CT molecular complexity index is 754. The van der Waals surface area contributed by atoms with Crippen molar-refractivity contribution in [2.24, 2.45) is 0 Å². The Kier molecular flexibility index (Phi) is 6.89. The molecular weight excluding hydrogens is 434 g/mol. The van der Waals surface area contributed by atoms with Gasteiger partial charge in [0.2, 0.25) is 0 Å². The Morgan fingerprint density at radius 3 is 2.29 bits per heavy atom. The average Bonchev–Trinajstić information content (AvgIpc) is 2.59. The molecule has 0 aromatic heterocycles. The van der Waals surface area contributed by atoms with Gasteiger partial charge >= 0.3 is 0 Å². The molecule has 0 N–H and O–H groups in total. The van der Waals surface area contributed by atoms with E-state index in [1.165, 1.54) is 0 Å². The van der Waals surface area contributed by atoms with Crippen molar-refractivity contribution in [1.82, 2.24) is 0 Å². The third-order valence-corrected chi connectivity index (χ3v) is 4.48. The fourth-order valence-electron chi connectivity index (χ4n) is 2.12. The Balaban J connectivity index is 2.35. The fraction of sp³-hybridized carbons (Fsp3) is 0.211. The lowest BCUT2D eigenvalue weighted by molar-refractivity contribution is 0.313. The van der Waals surface area contributed by atoms with Crippen molar-refractivity contribution in [3.63, 3.8) is 0 Å². The van der Waals surface area contributed by atoms with Gasteiger partial charge in [-0.15, -0.1) is 0 Å². The molecule has 2 aromatic carbocycles. The zero-order chi connectivity index (χ0) is 17.5. The smallest absolute Gasteiger partial charge is 0.147 e. The minimum atomic E-state index is 0.582.